The highest BCUT2D eigenvalue weighted by atomic mass is 35.5. The van der Waals surface area contributed by atoms with E-state index in [0.29, 0.717) is 34.6 Å². The summed E-state index contributed by atoms with van der Waals surface area (Å²) in [5.74, 6) is 0.0407. The number of nitrogens with one attached hydrogen (secondary N) is 2. The maximum Gasteiger partial charge on any atom is 0.228 e. The molecule has 1 saturated heterocycles. The molecule has 1 aliphatic heterocycles. The minimum atomic E-state index is -1.15. The standard InChI is InChI=1S/C23H30Cl2N4O3/c1-31-18-4-8-23(22(28)30,20(21(26)27)15-5-9-29-10-6-15)13-19(18)32-11-7-14-2-3-16(24)12-17(14)25/h2-4,8,12,15,20,29H,5-7,9-11,13H2,1H3,(H3,26,27)(H2,28,30). The summed E-state index contributed by atoms with van der Waals surface area (Å²) in [4.78, 5) is 12.8. The minimum absolute atomic E-state index is 0.0338. The zero-order chi connectivity index (χ0) is 23.3. The Kier molecular flexibility index (Phi) is 8.09. The van der Waals surface area contributed by atoms with Gasteiger partial charge in [-0.25, -0.2) is 0 Å². The number of carbonyl (C=O) groups is 1. The van der Waals surface area contributed by atoms with Crippen molar-refractivity contribution in [2.75, 3.05) is 26.8 Å². The molecule has 2 aliphatic rings. The van der Waals surface area contributed by atoms with E-state index in [1.807, 2.05) is 6.07 Å². The first kappa shape index (κ1) is 24.4. The van der Waals surface area contributed by atoms with Gasteiger partial charge in [-0.2, -0.15) is 0 Å². The zero-order valence-corrected chi connectivity index (χ0v) is 19.6. The van der Waals surface area contributed by atoms with Crippen molar-refractivity contribution >= 4 is 34.9 Å². The Bertz CT molecular complexity index is 928. The molecule has 0 bridgehead atoms. The fraction of sp³-hybridized carbons (Fsp3) is 0.478. The normalized spacial score (nSPS) is 22.5. The monoisotopic (exact) mass is 480 g/mol. The van der Waals surface area contributed by atoms with Crippen LogP contribution in [0, 0.1) is 22.7 Å². The van der Waals surface area contributed by atoms with Gasteiger partial charge in [0.05, 0.1) is 25.0 Å². The number of amides is 1. The molecule has 2 atom stereocenters. The molecule has 1 aromatic rings. The molecular formula is C23H30Cl2N4O3. The van der Waals surface area contributed by atoms with Crippen molar-refractivity contribution in [2.45, 2.75) is 25.7 Å². The Morgan fingerprint density at radius 1 is 1.31 bits per heavy atom. The fourth-order valence-electron chi connectivity index (χ4n) is 4.71. The number of methoxy groups -OCH3 is 1. The first-order valence-corrected chi connectivity index (χ1v) is 11.4. The number of primary amides is 1. The third-order valence-electron chi connectivity index (χ3n) is 6.35. The van der Waals surface area contributed by atoms with Gasteiger partial charge in [0.25, 0.3) is 0 Å². The Balaban J connectivity index is 1.82. The second kappa shape index (κ2) is 10.6. The molecule has 0 aromatic heterocycles. The van der Waals surface area contributed by atoms with Crippen molar-refractivity contribution in [2.24, 2.45) is 28.7 Å². The van der Waals surface area contributed by atoms with Crippen molar-refractivity contribution in [3.8, 4) is 0 Å². The van der Waals surface area contributed by atoms with E-state index in [1.165, 1.54) is 0 Å². The van der Waals surface area contributed by atoms with E-state index >= 15 is 0 Å². The van der Waals surface area contributed by atoms with Gasteiger partial charge in [-0.3, -0.25) is 10.2 Å². The molecule has 2 unspecified atom stereocenters. The smallest absolute Gasteiger partial charge is 0.228 e. The van der Waals surface area contributed by atoms with Crippen LogP contribution in [0.15, 0.2) is 41.9 Å². The van der Waals surface area contributed by atoms with Crippen LogP contribution in [0.2, 0.25) is 10.0 Å². The average Bonchev–Trinajstić information content (AvgIpc) is 2.76. The van der Waals surface area contributed by atoms with Crippen LogP contribution in [0.1, 0.15) is 24.8 Å². The molecule has 6 N–H and O–H groups in total. The van der Waals surface area contributed by atoms with Crippen molar-refractivity contribution in [3.05, 3.63) is 57.5 Å². The summed E-state index contributed by atoms with van der Waals surface area (Å²) in [5, 5.41) is 12.7. The van der Waals surface area contributed by atoms with Crippen LogP contribution in [0.5, 0.6) is 0 Å². The fourth-order valence-corrected chi connectivity index (χ4v) is 5.21. The lowest BCUT2D eigenvalue weighted by Crippen LogP contribution is -2.52. The molecule has 7 nitrogen and oxygen atoms in total. The summed E-state index contributed by atoms with van der Waals surface area (Å²) >= 11 is 12.2. The van der Waals surface area contributed by atoms with E-state index in [2.05, 4.69) is 5.32 Å². The van der Waals surface area contributed by atoms with E-state index in [4.69, 9.17) is 49.6 Å². The number of halogens is 2. The first-order chi connectivity index (χ1) is 15.3. The molecule has 1 aliphatic carbocycles. The number of amidine groups is 1. The van der Waals surface area contributed by atoms with Crippen LogP contribution in [-0.2, 0) is 20.7 Å². The van der Waals surface area contributed by atoms with E-state index in [9.17, 15) is 4.79 Å². The lowest BCUT2D eigenvalue weighted by molar-refractivity contribution is -0.128. The van der Waals surface area contributed by atoms with Crippen LogP contribution in [0.25, 0.3) is 0 Å². The summed E-state index contributed by atoms with van der Waals surface area (Å²) in [6.45, 7) is 1.96. The second-order valence-corrected chi connectivity index (χ2v) is 9.10. The van der Waals surface area contributed by atoms with Crippen LogP contribution in [0.3, 0.4) is 0 Å². The third kappa shape index (κ3) is 5.22. The number of hydrogen-bond donors (Lipinski definition) is 4. The summed E-state index contributed by atoms with van der Waals surface area (Å²) in [6, 6.07) is 5.33. The zero-order valence-electron chi connectivity index (χ0n) is 18.1. The maximum absolute atomic E-state index is 12.8. The Hall–Kier alpha value is -2.22. The number of hydrogen-bond acceptors (Lipinski definition) is 5. The molecule has 3 rings (SSSR count). The first-order valence-electron chi connectivity index (χ1n) is 10.7. The lowest BCUT2D eigenvalue weighted by Gasteiger charge is -2.43. The van der Waals surface area contributed by atoms with Crippen molar-refractivity contribution in [1.29, 1.82) is 5.41 Å². The summed E-state index contributed by atoms with van der Waals surface area (Å²) in [5.41, 5.74) is 11.7. The highest BCUT2D eigenvalue weighted by Gasteiger charge is 2.50. The van der Waals surface area contributed by atoms with Crippen LogP contribution in [0.4, 0.5) is 0 Å². The quantitative estimate of drug-likeness (QED) is 0.318. The number of allylic oxidation sites excluding steroid dienone is 2. The third-order valence-corrected chi connectivity index (χ3v) is 6.93. The molecule has 1 amide bonds. The highest BCUT2D eigenvalue weighted by molar-refractivity contribution is 6.35. The number of benzene rings is 1. The van der Waals surface area contributed by atoms with E-state index in [1.54, 1.807) is 31.4 Å². The molecule has 0 radical (unpaired) electrons. The number of piperidine rings is 1. The maximum atomic E-state index is 12.8. The van der Waals surface area contributed by atoms with Crippen molar-refractivity contribution in [3.63, 3.8) is 0 Å². The van der Waals surface area contributed by atoms with Gasteiger partial charge < -0.3 is 26.3 Å². The number of ether oxygens (including phenoxy) is 2. The topological polar surface area (TPSA) is 123 Å². The van der Waals surface area contributed by atoms with Gasteiger partial charge in [-0.05, 0) is 55.6 Å². The van der Waals surface area contributed by atoms with E-state index in [0.717, 1.165) is 31.5 Å². The molecule has 1 fully saturated rings. The second-order valence-electron chi connectivity index (χ2n) is 8.26. The van der Waals surface area contributed by atoms with E-state index < -0.39 is 17.2 Å². The molecule has 32 heavy (non-hydrogen) atoms. The molecule has 0 spiro atoms. The van der Waals surface area contributed by atoms with Crippen molar-refractivity contribution < 1.29 is 14.3 Å². The predicted molar refractivity (Wildman–Crippen MR) is 127 cm³/mol. The van der Waals surface area contributed by atoms with Crippen LogP contribution < -0.4 is 16.8 Å². The van der Waals surface area contributed by atoms with Crippen LogP contribution >= 0.6 is 23.2 Å². The molecule has 1 aromatic carbocycles. The number of rotatable bonds is 9. The Morgan fingerprint density at radius 3 is 2.62 bits per heavy atom. The van der Waals surface area contributed by atoms with Gasteiger partial charge in [-0.15, -0.1) is 0 Å². The predicted octanol–water partition coefficient (Wildman–Crippen LogP) is 3.39. The van der Waals surface area contributed by atoms with Gasteiger partial charge in [0, 0.05) is 28.8 Å². The Morgan fingerprint density at radius 2 is 2.03 bits per heavy atom. The lowest BCUT2D eigenvalue weighted by atomic mass is 9.62. The molecular weight excluding hydrogens is 451 g/mol. The summed E-state index contributed by atoms with van der Waals surface area (Å²) in [6.07, 6.45) is 5.82. The minimum Gasteiger partial charge on any atom is -0.494 e. The highest BCUT2D eigenvalue weighted by Crippen LogP contribution is 2.46. The van der Waals surface area contributed by atoms with Gasteiger partial charge >= 0.3 is 0 Å². The Labute approximate surface area is 198 Å². The SMILES string of the molecule is COC1=C(OCCc2ccc(Cl)cc2Cl)CC(C(N)=O)(C(C(=N)N)C2CCNCC2)C=C1. The van der Waals surface area contributed by atoms with Gasteiger partial charge in [-0.1, -0.05) is 35.3 Å². The van der Waals surface area contributed by atoms with Crippen molar-refractivity contribution in [1.82, 2.24) is 5.32 Å². The molecule has 9 heteroatoms. The van der Waals surface area contributed by atoms with E-state index in [-0.39, 0.29) is 18.2 Å². The molecule has 0 saturated carbocycles. The number of nitrogens with two attached hydrogens (primary N) is 2. The summed E-state index contributed by atoms with van der Waals surface area (Å²) in [7, 11) is 1.55. The van der Waals surface area contributed by atoms with Gasteiger partial charge in [0.15, 0.2) is 5.76 Å². The summed E-state index contributed by atoms with van der Waals surface area (Å²) < 4.78 is 11.6. The van der Waals surface area contributed by atoms with Gasteiger partial charge in [0.1, 0.15) is 5.76 Å². The molecule has 174 valence electrons. The largest absolute Gasteiger partial charge is 0.494 e. The van der Waals surface area contributed by atoms with Crippen LogP contribution in [-0.4, -0.2) is 38.5 Å². The number of carbonyl (C=O) groups excluding carboxylic acids is 1. The van der Waals surface area contributed by atoms with Gasteiger partial charge in [0.2, 0.25) is 5.91 Å². The molecule has 1 heterocycles. The average molecular weight is 481 g/mol.